The van der Waals surface area contributed by atoms with Crippen molar-refractivity contribution in [1.82, 2.24) is 58.5 Å². The molecule has 27 N–H and O–H groups in total. The number of carbonyl (C=O) groups excluding carboxylic acids is 11. The largest absolute Gasteiger partial charge is 0.481 e. The fraction of sp³-hybridized carbons (Fsp3) is 0.604. The lowest BCUT2D eigenvalue weighted by molar-refractivity contribution is -0.142. The van der Waals surface area contributed by atoms with Crippen LogP contribution >= 0.6 is 25.3 Å². The Balaban J connectivity index is 3.19. The first-order valence-corrected chi connectivity index (χ1v) is 30.1. The quantitative estimate of drug-likeness (QED) is 0.0125. The van der Waals surface area contributed by atoms with Crippen molar-refractivity contribution >= 4 is 114 Å². The number of nitrogens with two attached hydrogens (primary N) is 6. The highest BCUT2D eigenvalue weighted by atomic mass is 32.1. The van der Waals surface area contributed by atoms with Gasteiger partial charge in [0, 0.05) is 31.0 Å². The predicted octanol–water partition coefficient (Wildman–Crippen LogP) is -9.16. The van der Waals surface area contributed by atoms with Crippen molar-refractivity contribution in [3.63, 3.8) is 0 Å². The van der Waals surface area contributed by atoms with Gasteiger partial charge in [-0.05, 0) is 63.0 Å². The normalized spacial score (nSPS) is 14.5. The van der Waals surface area contributed by atoms with E-state index in [0.717, 1.165) is 0 Å². The van der Waals surface area contributed by atoms with Gasteiger partial charge >= 0.3 is 11.9 Å². The summed E-state index contributed by atoms with van der Waals surface area (Å²) in [5.41, 5.74) is 33.6. The molecule has 38 heteroatoms. The molecule has 0 unspecified atom stereocenters. The second kappa shape index (κ2) is 44.0. The second-order valence-corrected chi connectivity index (χ2v) is 21.3. The molecule has 0 bridgehead atoms. The molecule has 11 amide bonds. The van der Waals surface area contributed by atoms with Crippen LogP contribution in [0, 0.1) is 5.92 Å². The van der Waals surface area contributed by atoms with Gasteiger partial charge in [-0.1, -0.05) is 50.6 Å². The first-order valence-electron chi connectivity index (χ1n) is 28.8. The van der Waals surface area contributed by atoms with E-state index in [1.807, 2.05) is 0 Å². The fourth-order valence-corrected chi connectivity index (χ4v) is 8.51. The zero-order valence-electron chi connectivity index (χ0n) is 50.5. The Hall–Kier alpha value is -8.59. The number of carboxylic acids is 2. The highest BCUT2D eigenvalue weighted by Crippen LogP contribution is 2.10. The number of amides is 11. The van der Waals surface area contributed by atoms with Crippen LogP contribution < -0.4 is 92.9 Å². The Kier molecular flexibility index (Phi) is 38.9. The second-order valence-electron chi connectivity index (χ2n) is 20.6. The Morgan fingerprint density at radius 3 is 1.33 bits per heavy atom. The van der Waals surface area contributed by atoms with Gasteiger partial charge in [-0.3, -0.25) is 67.5 Å². The molecule has 0 radical (unpaired) electrons. The number of aliphatic imine (C=N–C) groups is 2. The number of benzene rings is 1. The highest BCUT2D eigenvalue weighted by molar-refractivity contribution is 7.80. The van der Waals surface area contributed by atoms with Crippen LogP contribution in [0.1, 0.15) is 77.2 Å². The Bertz CT molecular complexity index is 2660. The number of hydrogen-bond donors (Lipinski definition) is 23. The molecule has 0 fully saturated rings. The number of aliphatic hydroxyl groups excluding tert-OH is 2. The molecule has 1 rings (SSSR count). The van der Waals surface area contributed by atoms with E-state index in [2.05, 4.69) is 93.7 Å². The monoisotopic (exact) mass is 1330 g/mol. The maximum atomic E-state index is 13.7. The van der Waals surface area contributed by atoms with E-state index in [0.29, 0.717) is 24.8 Å². The molecule has 36 nitrogen and oxygen atoms in total. The van der Waals surface area contributed by atoms with Crippen LogP contribution in [0.2, 0.25) is 0 Å². The van der Waals surface area contributed by atoms with Crippen molar-refractivity contribution in [1.29, 1.82) is 0 Å². The first kappa shape index (κ1) is 80.4. The third-order valence-corrected chi connectivity index (χ3v) is 14.1. The van der Waals surface area contributed by atoms with Gasteiger partial charge in [0.05, 0.1) is 38.8 Å². The number of carboxylic acid groups (broad SMARTS) is 2. The number of unbranched alkanes of at least 4 members (excludes halogenated alkanes) is 1. The zero-order chi connectivity index (χ0) is 68.8. The maximum absolute atomic E-state index is 13.7. The number of nitrogens with zero attached hydrogens (tertiary/aromatic N) is 2. The van der Waals surface area contributed by atoms with E-state index in [1.165, 1.54) is 0 Å². The van der Waals surface area contributed by atoms with E-state index >= 15 is 0 Å². The van der Waals surface area contributed by atoms with Gasteiger partial charge in [-0.2, -0.15) is 25.3 Å². The van der Waals surface area contributed by atoms with Crippen LogP contribution in [0.4, 0.5) is 0 Å². The summed E-state index contributed by atoms with van der Waals surface area (Å²) in [6.45, 7) is -0.131. The summed E-state index contributed by atoms with van der Waals surface area (Å²) in [5, 5.41) is 65.1. The van der Waals surface area contributed by atoms with Crippen LogP contribution in [-0.4, -0.2) is 227 Å². The van der Waals surface area contributed by atoms with Crippen LogP contribution in [0.25, 0.3) is 0 Å². The molecule has 0 aliphatic rings. The van der Waals surface area contributed by atoms with Crippen molar-refractivity contribution < 1.29 is 82.8 Å². The van der Waals surface area contributed by atoms with Gasteiger partial charge in [0.15, 0.2) is 11.9 Å². The van der Waals surface area contributed by atoms with Crippen molar-refractivity contribution in [2.45, 2.75) is 138 Å². The lowest BCUT2D eigenvalue weighted by atomic mass is 9.99. The van der Waals surface area contributed by atoms with Crippen LogP contribution in [0.15, 0.2) is 40.3 Å². The summed E-state index contributed by atoms with van der Waals surface area (Å²) in [5.74, 6) is -15.6. The van der Waals surface area contributed by atoms with Gasteiger partial charge in [0.1, 0.15) is 54.4 Å². The molecule has 0 aliphatic carbocycles. The van der Waals surface area contributed by atoms with E-state index in [-0.39, 0.29) is 81.7 Å². The lowest BCUT2D eigenvalue weighted by Gasteiger charge is -2.25. The van der Waals surface area contributed by atoms with Crippen molar-refractivity contribution in [3.8, 4) is 0 Å². The van der Waals surface area contributed by atoms with Crippen LogP contribution in [-0.2, 0) is 68.7 Å². The third-order valence-electron chi connectivity index (χ3n) is 13.4. The fourth-order valence-electron chi connectivity index (χ4n) is 8.00. The van der Waals surface area contributed by atoms with Crippen molar-refractivity contribution in [3.05, 3.63) is 35.9 Å². The van der Waals surface area contributed by atoms with Gasteiger partial charge in [0.2, 0.25) is 65.0 Å². The number of carbonyl (C=O) groups is 13. The molecule has 1 aromatic rings. The minimum absolute atomic E-state index is 0.0321. The minimum Gasteiger partial charge on any atom is -0.481 e. The van der Waals surface area contributed by atoms with E-state index in [1.54, 1.807) is 44.2 Å². The molecule has 1 aromatic carbocycles. The summed E-state index contributed by atoms with van der Waals surface area (Å²) in [6, 6.07) is -7.11. The topological polar surface area (TPSA) is 616 Å². The number of hydrogen-bond acceptors (Lipinski definition) is 21. The average Bonchev–Trinajstić information content (AvgIpc) is 1.93. The number of aliphatic carboxylic acids is 2. The molecule has 0 spiro atoms. The Morgan fingerprint density at radius 2 is 0.879 bits per heavy atom. The maximum Gasteiger partial charge on any atom is 0.326 e. The van der Waals surface area contributed by atoms with Gasteiger partial charge < -0.3 is 113 Å². The molecule has 0 heterocycles. The summed E-state index contributed by atoms with van der Waals surface area (Å²) in [7, 11) is 0. The van der Waals surface area contributed by atoms with Gasteiger partial charge in [-0.25, -0.2) is 4.79 Å². The average molecular weight is 1330 g/mol. The molecule has 0 aromatic heterocycles. The molecule has 0 aliphatic heterocycles. The molecule has 0 saturated heterocycles. The summed E-state index contributed by atoms with van der Waals surface area (Å²) in [6.07, 6.45) is 0.0887. The van der Waals surface area contributed by atoms with E-state index in [4.69, 9.17) is 34.4 Å². The van der Waals surface area contributed by atoms with Crippen LogP contribution in [0.3, 0.4) is 0 Å². The number of rotatable bonds is 45. The number of aliphatic hydroxyl groups is 2. The molecule has 91 heavy (non-hydrogen) atoms. The molecular weight excluding hydrogens is 1240 g/mol. The number of nitrogens with one attached hydrogen (secondary N) is 11. The number of thiol groups is 2. The van der Waals surface area contributed by atoms with E-state index in [9.17, 15) is 82.8 Å². The standard InChI is InChI=1S/C53H89N19O17S2/c1-3-27(2)41(55)50(87)72-37(26-91)49(86)69-33(20-40(77)78)45(82)68-32(19-28-11-5-4-6-12-28)43(80)63-22-39(76)65-36(25-90)48(85)71-35(24-74)47(84)70-34(23-73)46(83)66-29(14-9-17-60-52(56)57)42(79)62-21-38(75)64-30(15-10-18-61-53(58)59)44(81)67-31(51(88)89)13-7-8-16-54/h4-6,11-12,27,29-37,41,73-74,90-91H,3,7-10,13-26,54-55H2,1-2H3,(H,62,79)(H,63,80)(H,64,75)(H,65,76)(H,66,83)(H,67,81)(H,68,82)(H,69,86)(H,70,84)(H,71,85)(H,72,87)(H,77,78)(H,88,89)(H4,56,57,60)(H4,58,59,61)/t27-,29-,30-,31-,32-,33-,34-,35-,36-,37-,41-/m0/s1. The Labute approximate surface area is 535 Å². The minimum atomic E-state index is -1.87. The molecule has 0 saturated carbocycles. The summed E-state index contributed by atoms with van der Waals surface area (Å²) < 4.78 is 0. The van der Waals surface area contributed by atoms with Crippen LogP contribution in [0.5, 0.6) is 0 Å². The predicted molar refractivity (Wildman–Crippen MR) is 335 cm³/mol. The smallest absolute Gasteiger partial charge is 0.326 e. The van der Waals surface area contributed by atoms with Crippen molar-refractivity contribution in [2.24, 2.45) is 50.3 Å². The summed E-state index contributed by atoms with van der Waals surface area (Å²) >= 11 is 8.20. The highest BCUT2D eigenvalue weighted by Gasteiger charge is 2.35. The lowest BCUT2D eigenvalue weighted by Crippen LogP contribution is -2.60. The Morgan fingerprint density at radius 1 is 0.495 bits per heavy atom. The molecule has 11 atom stereocenters. The third kappa shape index (κ3) is 32.1. The summed E-state index contributed by atoms with van der Waals surface area (Å²) in [4.78, 5) is 179. The van der Waals surface area contributed by atoms with Crippen molar-refractivity contribution in [2.75, 3.05) is 57.4 Å². The first-order chi connectivity index (χ1) is 43.0. The van der Waals surface area contributed by atoms with Gasteiger partial charge in [0.25, 0.3) is 0 Å². The molecule has 510 valence electrons. The SMILES string of the molecule is CC[C@H](C)[C@H](N)C(=O)N[C@@H](CS)C(=O)N[C@@H](CC(=O)O)C(=O)N[C@@H](Cc1ccccc1)C(=O)NCC(=O)N[C@@H](CS)C(=O)N[C@@H](CO)C(=O)N[C@@H](CO)C(=O)N[C@@H](CCCN=C(N)N)C(=O)NCC(=O)N[C@@H](CCCN=C(N)N)C(=O)N[C@@H](CCCCN)C(=O)O. The molecular formula is C53H89N19O17S2. The zero-order valence-corrected chi connectivity index (χ0v) is 52.3. The number of guanidine groups is 2. The van der Waals surface area contributed by atoms with Gasteiger partial charge in [-0.15, -0.1) is 0 Å². The van der Waals surface area contributed by atoms with E-state index < -0.39 is 176 Å².